The van der Waals surface area contributed by atoms with E-state index >= 15 is 0 Å². The second-order valence-electron chi connectivity index (χ2n) is 4.03. The van der Waals surface area contributed by atoms with Crippen LogP contribution in [-0.2, 0) is 6.61 Å². The third kappa shape index (κ3) is 3.56. The molecule has 0 radical (unpaired) electrons. The zero-order valence-electron chi connectivity index (χ0n) is 10.4. The van der Waals surface area contributed by atoms with Gasteiger partial charge in [0.2, 0.25) is 0 Å². The summed E-state index contributed by atoms with van der Waals surface area (Å²) in [6.07, 6.45) is 0. The van der Waals surface area contributed by atoms with Crippen LogP contribution in [0.5, 0.6) is 5.75 Å². The fraction of sp³-hybridized carbons (Fsp3) is 0.0714. The number of oxime groups is 1. The van der Waals surface area contributed by atoms with E-state index < -0.39 is 0 Å². The predicted molar refractivity (Wildman–Crippen MR) is 79.7 cm³/mol. The molecule has 4 nitrogen and oxygen atoms in total. The van der Waals surface area contributed by atoms with Crippen LogP contribution in [0.3, 0.4) is 0 Å². The molecular formula is C14H12Cl2N2O2. The summed E-state index contributed by atoms with van der Waals surface area (Å²) in [6, 6.07) is 12.1. The first-order valence-electron chi connectivity index (χ1n) is 5.75. The van der Waals surface area contributed by atoms with Crippen LogP contribution in [0.25, 0.3) is 0 Å². The summed E-state index contributed by atoms with van der Waals surface area (Å²) in [5.74, 6) is 0.699. The number of rotatable bonds is 4. The molecule has 0 aliphatic rings. The van der Waals surface area contributed by atoms with Crippen molar-refractivity contribution in [3.63, 3.8) is 0 Å². The van der Waals surface area contributed by atoms with Crippen molar-refractivity contribution in [1.82, 2.24) is 0 Å². The first-order valence-corrected chi connectivity index (χ1v) is 6.50. The maximum atomic E-state index is 8.57. The van der Waals surface area contributed by atoms with Crippen molar-refractivity contribution in [2.45, 2.75) is 6.61 Å². The van der Waals surface area contributed by atoms with Crippen molar-refractivity contribution in [3.8, 4) is 5.75 Å². The highest BCUT2D eigenvalue weighted by molar-refractivity contribution is 6.33. The van der Waals surface area contributed by atoms with Gasteiger partial charge in [-0.2, -0.15) is 0 Å². The Labute approximate surface area is 126 Å². The van der Waals surface area contributed by atoms with Crippen LogP contribution in [0.15, 0.2) is 47.6 Å². The van der Waals surface area contributed by atoms with Crippen molar-refractivity contribution in [3.05, 3.63) is 63.6 Å². The molecule has 2 aromatic rings. The highest BCUT2D eigenvalue weighted by Crippen LogP contribution is 2.22. The lowest BCUT2D eigenvalue weighted by molar-refractivity contribution is 0.306. The van der Waals surface area contributed by atoms with Crippen molar-refractivity contribution in [2.24, 2.45) is 10.9 Å². The van der Waals surface area contributed by atoms with E-state index in [1.165, 1.54) is 0 Å². The molecule has 0 aromatic heterocycles. The van der Waals surface area contributed by atoms with Gasteiger partial charge in [0.1, 0.15) is 12.4 Å². The lowest BCUT2D eigenvalue weighted by Gasteiger charge is -2.08. The molecule has 0 heterocycles. The van der Waals surface area contributed by atoms with Crippen LogP contribution < -0.4 is 10.5 Å². The van der Waals surface area contributed by atoms with E-state index in [2.05, 4.69) is 5.16 Å². The number of amidine groups is 1. The zero-order valence-corrected chi connectivity index (χ0v) is 11.9. The number of hydrogen-bond acceptors (Lipinski definition) is 3. The Bertz CT molecular complexity index is 628. The first kappa shape index (κ1) is 14.5. The first-order chi connectivity index (χ1) is 9.60. The van der Waals surface area contributed by atoms with Gasteiger partial charge >= 0.3 is 0 Å². The fourth-order valence-electron chi connectivity index (χ4n) is 1.59. The fourth-order valence-corrected chi connectivity index (χ4v) is 1.96. The van der Waals surface area contributed by atoms with E-state index in [-0.39, 0.29) is 5.84 Å². The van der Waals surface area contributed by atoms with E-state index in [1.54, 1.807) is 42.5 Å². The third-order valence-corrected chi connectivity index (χ3v) is 3.26. The molecule has 2 rings (SSSR count). The largest absolute Gasteiger partial charge is 0.489 e. The van der Waals surface area contributed by atoms with Crippen LogP contribution in [0.1, 0.15) is 11.1 Å². The van der Waals surface area contributed by atoms with E-state index in [1.807, 2.05) is 0 Å². The number of hydrogen-bond donors (Lipinski definition) is 2. The van der Waals surface area contributed by atoms with Crippen molar-refractivity contribution in [2.75, 3.05) is 0 Å². The molecule has 6 heteroatoms. The third-order valence-electron chi connectivity index (χ3n) is 2.66. The number of ether oxygens (including phenoxy) is 1. The molecule has 0 fully saturated rings. The average Bonchev–Trinajstić information content (AvgIpc) is 2.48. The van der Waals surface area contributed by atoms with Gasteiger partial charge in [-0.1, -0.05) is 28.4 Å². The minimum absolute atomic E-state index is 0.0504. The van der Waals surface area contributed by atoms with Crippen LogP contribution in [0.4, 0.5) is 0 Å². The van der Waals surface area contributed by atoms with Gasteiger partial charge in [0.05, 0.1) is 0 Å². The Morgan fingerprint density at radius 3 is 2.50 bits per heavy atom. The molecular weight excluding hydrogens is 299 g/mol. The second-order valence-corrected chi connectivity index (χ2v) is 4.88. The summed E-state index contributed by atoms with van der Waals surface area (Å²) < 4.78 is 5.61. The van der Waals surface area contributed by atoms with Crippen LogP contribution in [0, 0.1) is 0 Å². The quantitative estimate of drug-likeness (QED) is 0.392. The lowest BCUT2D eigenvalue weighted by atomic mass is 10.2. The summed E-state index contributed by atoms with van der Waals surface area (Å²) in [7, 11) is 0. The maximum Gasteiger partial charge on any atom is 0.170 e. The Hall–Kier alpha value is -1.91. The minimum atomic E-state index is 0.0504. The summed E-state index contributed by atoms with van der Waals surface area (Å²) in [4.78, 5) is 0. The zero-order chi connectivity index (χ0) is 14.5. The van der Waals surface area contributed by atoms with E-state index in [0.29, 0.717) is 28.0 Å². The summed E-state index contributed by atoms with van der Waals surface area (Å²) >= 11 is 12.0. The number of nitrogens with two attached hydrogens (primary N) is 1. The molecule has 104 valence electrons. The van der Waals surface area contributed by atoms with Crippen molar-refractivity contribution < 1.29 is 9.94 Å². The molecule has 0 aliphatic carbocycles. The highest BCUT2D eigenvalue weighted by atomic mass is 35.5. The maximum absolute atomic E-state index is 8.57. The van der Waals surface area contributed by atoms with Crippen molar-refractivity contribution in [1.29, 1.82) is 0 Å². The molecule has 2 aromatic carbocycles. The predicted octanol–water partition coefficient (Wildman–Crippen LogP) is 3.67. The minimum Gasteiger partial charge on any atom is -0.489 e. The molecule has 0 unspecified atom stereocenters. The summed E-state index contributed by atoms with van der Waals surface area (Å²) in [5.41, 5.74) is 6.89. The van der Waals surface area contributed by atoms with E-state index in [0.717, 1.165) is 5.56 Å². The van der Waals surface area contributed by atoms with Crippen molar-refractivity contribution >= 4 is 29.0 Å². The summed E-state index contributed by atoms with van der Waals surface area (Å²) in [5, 5.41) is 12.7. The number of benzene rings is 2. The molecule has 0 aliphatic heterocycles. The number of halogens is 2. The molecule has 0 bridgehead atoms. The second kappa shape index (κ2) is 6.50. The topological polar surface area (TPSA) is 67.8 Å². The van der Waals surface area contributed by atoms with Gasteiger partial charge < -0.3 is 15.7 Å². The normalized spacial score (nSPS) is 11.4. The molecule has 0 spiro atoms. The Balaban J connectivity index is 2.06. The van der Waals surface area contributed by atoms with Gasteiger partial charge in [-0.15, -0.1) is 0 Å². The number of nitrogens with zero attached hydrogens (tertiary/aromatic N) is 1. The molecule has 0 amide bonds. The average molecular weight is 311 g/mol. The lowest BCUT2D eigenvalue weighted by Crippen LogP contribution is -2.12. The summed E-state index contributed by atoms with van der Waals surface area (Å²) in [6.45, 7) is 0.308. The molecule has 0 atom stereocenters. The van der Waals surface area contributed by atoms with Gasteiger partial charge in [0.25, 0.3) is 0 Å². The smallest absolute Gasteiger partial charge is 0.170 e. The SMILES string of the molecule is NC(=NO)c1ccc(OCc2cc(Cl)ccc2Cl)cc1. The van der Waals surface area contributed by atoms with Gasteiger partial charge in [-0.3, -0.25) is 0 Å². The molecule has 0 saturated heterocycles. The Kier molecular flexibility index (Phi) is 4.71. The Morgan fingerprint density at radius 1 is 1.15 bits per heavy atom. The van der Waals surface area contributed by atoms with Crippen LogP contribution in [0.2, 0.25) is 10.0 Å². The van der Waals surface area contributed by atoms with Crippen LogP contribution >= 0.6 is 23.2 Å². The highest BCUT2D eigenvalue weighted by Gasteiger charge is 2.04. The standard InChI is InChI=1S/C14H12Cl2N2O2/c15-11-3-6-13(16)10(7-11)8-20-12-4-1-9(2-5-12)14(17)18-19/h1-7,19H,8H2,(H2,17,18). The van der Waals surface area contributed by atoms with Gasteiger partial charge in [0, 0.05) is 21.2 Å². The monoisotopic (exact) mass is 310 g/mol. The Morgan fingerprint density at radius 2 is 1.85 bits per heavy atom. The molecule has 3 N–H and O–H groups in total. The molecule has 20 heavy (non-hydrogen) atoms. The van der Waals surface area contributed by atoms with Gasteiger partial charge in [-0.25, -0.2) is 0 Å². The van der Waals surface area contributed by atoms with E-state index in [4.69, 9.17) is 38.9 Å². The van der Waals surface area contributed by atoms with Crippen LogP contribution in [-0.4, -0.2) is 11.0 Å². The van der Waals surface area contributed by atoms with Gasteiger partial charge in [0.15, 0.2) is 5.84 Å². The van der Waals surface area contributed by atoms with E-state index in [9.17, 15) is 0 Å². The molecule has 0 saturated carbocycles. The van der Waals surface area contributed by atoms with Gasteiger partial charge in [-0.05, 0) is 42.5 Å².